The second kappa shape index (κ2) is 9.89. The number of aromatic nitrogens is 5. The fraction of sp³-hybridized carbons (Fsp3) is 0.320. The van der Waals surface area contributed by atoms with E-state index in [-0.39, 0.29) is 37.5 Å². The lowest BCUT2D eigenvalue weighted by molar-refractivity contribution is -0.0222. The quantitative estimate of drug-likeness (QED) is 0.365. The average molecular weight is 527 g/mol. The van der Waals surface area contributed by atoms with E-state index in [0.29, 0.717) is 34.0 Å². The monoisotopic (exact) mass is 526 g/mol. The Hall–Kier alpha value is -3.86. The van der Waals surface area contributed by atoms with Gasteiger partial charge in [0.25, 0.3) is 11.5 Å². The summed E-state index contributed by atoms with van der Waals surface area (Å²) in [6, 6.07) is 8.56. The number of rotatable bonds is 6. The molecule has 5 rings (SSSR count). The van der Waals surface area contributed by atoms with Gasteiger partial charge in [-0.25, -0.2) is 23.7 Å². The predicted molar refractivity (Wildman–Crippen MR) is 140 cm³/mol. The van der Waals surface area contributed by atoms with E-state index in [2.05, 4.69) is 30.6 Å². The first kappa shape index (κ1) is 24.8. The summed E-state index contributed by atoms with van der Waals surface area (Å²) in [4.78, 5) is 31.7. The van der Waals surface area contributed by atoms with Gasteiger partial charge in [0, 0.05) is 68.2 Å². The van der Waals surface area contributed by atoms with Crippen molar-refractivity contribution in [3.63, 3.8) is 0 Å². The van der Waals surface area contributed by atoms with Crippen molar-refractivity contribution in [3.8, 4) is 0 Å². The molecule has 1 unspecified atom stereocenters. The van der Waals surface area contributed by atoms with E-state index >= 15 is 0 Å². The van der Waals surface area contributed by atoms with Crippen LogP contribution >= 0.6 is 11.6 Å². The van der Waals surface area contributed by atoms with Gasteiger partial charge >= 0.3 is 0 Å². The van der Waals surface area contributed by atoms with Gasteiger partial charge in [0.15, 0.2) is 5.82 Å². The molecule has 3 aromatic heterocycles. The molecule has 0 saturated carbocycles. The second-order valence-electron chi connectivity index (χ2n) is 8.99. The number of pyridine rings is 1. The van der Waals surface area contributed by atoms with Gasteiger partial charge in [-0.1, -0.05) is 11.6 Å². The van der Waals surface area contributed by atoms with Crippen LogP contribution in [0.3, 0.4) is 0 Å². The number of nitrogens with zero attached hydrogens (tertiary/aromatic N) is 6. The van der Waals surface area contributed by atoms with Crippen molar-refractivity contribution in [2.75, 3.05) is 28.6 Å². The Kier molecular flexibility index (Phi) is 6.63. The third-order valence-corrected chi connectivity index (χ3v) is 6.64. The van der Waals surface area contributed by atoms with Gasteiger partial charge < -0.3 is 20.1 Å². The van der Waals surface area contributed by atoms with Gasteiger partial charge in [-0.15, -0.1) is 0 Å². The van der Waals surface area contributed by atoms with Crippen molar-refractivity contribution in [1.29, 1.82) is 0 Å². The van der Waals surface area contributed by atoms with Gasteiger partial charge in [-0.2, -0.15) is 4.98 Å². The number of benzene rings is 1. The molecular weight excluding hydrogens is 502 g/mol. The lowest BCUT2D eigenvalue weighted by atomic mass is 10.1. The number of hydrogen-bond donors (Lipinski definition) is 2. The van der Waals surface area contributed by atoms with E-state index in [1.54, 1.807) is 35.0 Å². The van der Waals surface area contributed by atoms with Crippen LogP contribution in [0.4, 0.5) is 31.9 Å². The number of hydrogen-bond acceptors (Lipinski definition) is 8. The number of alkyl halides is 2. The van der Waals surface area contributed by atoms with Crippen LogP contribution in [0.15, 0.2) is 53.7 Å². The Labute approximate surface area is 216 Å². The molecule has 192 valence electrons. The number of aryl methyl sites for hydroxylation is 1. The van der Waals surface area contributed by atoms with Crippen molar-refractivity contribution in [2.24, 2.45) is 7.05 Å². The number of halogens is 3. The zero-order valence-corrected chi connectivity index (χ0v) is 21.0. The summed E-state index contributed by atoms with van der Waals surface area (Å²) in [5, 5.41) is 7.64. The van der Waals surface area contributed by atoms with Crippen molar-refractivity contribution in [2.45, 2.75) is 31.7 Å². The maximum atomic E-state index is 13.6. The van der Waals surface area contributed by atoms with Crippen LogP contribution in [0, 0.1) is 0 Å². The van der Waals surface area contributed by atoms with Gasteiger partial charge in [-0.3, -0.25) is 4.79 Å². The molecule has 0 bridgehead atoms. The standard InChI is InChI=1S/C25H25ClF2N8O/c1-15(22-29-8-3-9-30-22)32-19-13-21(37)35(2)20-5-4-16(12-17(19)20)33-23-18(26)14-31-24(34-23)36-10-6-25(27,28)7-11-36/h3-5,8-9,12-15,32H,6-7,10-11H2,1-2H3,(H,31,33,34). The fourth-order valence-electron chi connectivity index (χ4n) is 4.26. The highest BCUT2D eigenvalue weighted by molar-refractivity contribution is 6.32. The maximum absolute atomic E-state index is 13.6. The number of fused-ring (bicyclic) bond motifs is 1. The van der Waals surface area contributed by atoms with Crippen LogP contribution in [0.2, 0.25) is 5.02 Å². The Morgan fingerprint density at radius 1 is 1.11 bits per heavy atom. The van der Waals surface area contributed by atoms with Gasteiger partial charge in [0.2, 0.25) is 5.95 Å². The summed E-state index contributed by atoms with van der Waals surface area (Å²) in [6.45, 7) is 2.24. The second-order valence-corrected chi connectivity index (χ2v) is 9.40. The molecule has 4 aromatic rings. The molecule has 37 heavy (non-hydrogen) atoms. The molecule has 1 aliphatic heterocycles. The summed E-state index contributed by atoms with van der Waals surface area (Å²) in [5.41, 5.74) is 1.87. The van der Waals surface area contributed by atoms with Gasteiger partial charge in [0.1, 0.15) is 10.8 Å². The molecule has 0 aliphatic carbocycles. The van der Waals surface area contributed by atoms with Crippen LogP contribution in [-0.4, -0.2) is 43.5 Å². The molecular formula is C25H25ClF2N8O. The third kappa shape index (κ3) is 5.31. The summed E-state index contributed by atoms with van der Waals surface area (Å²) in [5.74, 6) is -1.37. The summed E-state index contributed by atoms with van der Waals surface area (Å²) in [6.07, 6.45) is 4.30. The summed E-state index contributed by atoms with van der Waals surface area (Å²) >= 11 is 6.36. The lowest BCUT2D eigenvalue weighted by Crippen LogP contribution is -2.40. The molecule has 1 fully saturated rings. The zero-order valence-electron chi connectivity index (χ0n) is 20.3. The molecule has 0 spiro atoms. The highest BCUT2D eigenvalue weighted by Crippen LogP contribution is 2.32. The van der Waals surface area contributed by atoms with Crippen molar-refractivity contribution >= 4 is 45.6 Å². The molecule has 1 atom stereocenters. The van der Waals surface area contributed by atoms with E-state index in [1.165, 1.54) is 12.3 Å². The molecule has 9 nitrogen and oxygen atoms in total. The minimum atomic E-state index is -2.66. The molecule has 2 N–H and O–H groups in total. The summed E-state index contributed by atoms with van der Waals surface area (Å²) < 4.78 is 28.7. The molecule has 0 radical (unpaired) electrons. The SMILES string of the molecule is CC(Nc1cc(=O)n(C)c2ccc(Nc3nc(N4CCC(F)(F)CC4)ncc3Cl)cc12)c1ncccn1. The first-order valence-corrected chi connectivity index (χ1v) is 12.2. The van der Waals surface area contributed by atoms with Crippen LogP contribution in [0.25, 0.3) is 10.9 Å². The Bertz CT molecular complexity index is 1490. The smallest absolute Gasteiger partial charge is 0.252 e. The molecule has 1 aromatic carbocycles. The molecule has 4 heterocycles. The van der Waals surface area contributed by atoms with Crippen molar-refractivity contribution < 1.29 is 8.78 Å². The Morgan fingerprint density at radius 3 is 2.57 bits per heavy atom. The largest absolute Gasteiger partial charge is 0.375 e. The lowest BCUT2D eigenvalue weighted by Gasteiger charge is -2.31. The summed E-state index contributed by atoms with van der Waals surface area (Å²) in [7, 11) is 1.71. The Balaban J connectivity index is 1.45. The normalized spacial score (nSPS) is 16.0. The molecule has 0 amide bonds. The molecule has 12 heteroatoms. The number of piperidine rings is 1. The van der Waals surface area contributed by atoms with E-state index in [4.69, 9.17) is 11.6 Å². The van der Waals surface area contributed by atoms with Crippen LogP contribution < -0.4 is 21.1 Å². The predicted octanol–water partition coefficient (Wildman–Crippen LogP) is 4.92. The van der Waals surface area contributed by atoms with Gasteiger partial charge in [-0.05, 0) is 31.2 Å². The van der Waals surface area contributed by atoms with Gasteiger partial charge in [0.05, 0.1) is 17.8 Å². The van der Waals surface area contributed by atoms with E-state index in [9.17, 15) is 13.6 Å². The van der Waals surface area contributed by atoms with E-state index in [1.807, 2.05) is 25.1 Å². The maximum Gasteiger partial charge on any atom is 0.252 e. The number of anilines is 4. The van der Waals surface area contributed by atoms with Crippen molar-refractivity contribution in [1.82, 2.24) is 24.5 Å². The van der Waals surface area contributed by atoms with Crippen LogP contribution in [0.5, 0.6) is 0 Å². The highest BCUT2D eigenvalue weighted by atomic mass is 35.5. The first-order valence-electron chi connectivity index (χ1n) is 11.8. The Morgan fingerprint density at radius 2 is 1.84 bits per heavy atom. The highest BCUT2D eigenvalue weighted by Gasteiger charge is 2.35. The topological polar surface area (TPSA) is 101 Å². The van der Waals surface area contributed by atoms with Crippen molar-refractivity contribution in [3.05, 3.63) is 70.1 Å². The number of nitrogens with one attached hydrogen (secondary N) is 2. The third-order valence-electron chi connectivity index (χ3n) is 6.36. The first-order chi connectivity index (χ1) is 17.7. The minimum absolute atomic E-state index is 0.160. The average Bonchev–Trinajstić information content (AvgIpc) is 2.89. The fourth-order valence-corrected chi connectivity index (χ4v) is 4.40. The van der Waals surface area contributed by atoms with E-state index < -0.39 is 5.92 Å². The molecule has 1 aliphatic rings. The molecule has 1 saturated heterocycles. The van der Waals surface area contributed by atoms with E-state index in [0.717, 1.165) is 10.9 Å². The zero-order chi connectivity index (χ0) is 26.2. The van der Waals surface area contributed by atoms with Crippen LogP contribution in [-0.2, 0) is 7.05 Å². The van der Waals surface area contributed by atoms with Crippen LogP contribution in [0.1, 0.15) is 31.6 Å². The minimum Gasteiger partial charge on any atom is -0.375 e.